The largest absolute Gasteiger partial charge is 0.355 e. The Bertz CT molecular complexity index is 729. The second-order valence-corrected chi connectivity index (χ2v) is 8.10. The maximum absolute atomic E-state index is 14.0. The molecule has 3 N–H and O–H groups in total. The van der Waals surface area contributed by atoms with Crippen molar-refractivity contribution in [1.82, 2.24) is 20.9 Å². The van der Waals surface area contributed by atoms with E-state index in [0.717, 1.165) is 38.9 Å². The van der Waals surface area contributed by atoms with E-state index in [9.17, 15) is 13.6 Å². The van der Waals surface area contributed by atoms with Crippen molar-refractivity contribution >= 4 is 11.9 Å². The van der Waals surface area contributed by atoms with Crippen LogP contribution in [0.5, 0.6) is 0 Å². The van der Waals surface area contributed by atoms with Gasteiger partial charge in [-0.2, -0.15) is 0 Å². The van der Waals surface area contributed by atoms with Crippen LogP contribution < -0.4 is 16.0 Å². The van der Waals surface area contributed by atoms with Gasteiger partial charge >= 0.3 is 0 Å². The number of guanidine groups is 1. The van der Waals surface area contributed by atoms with E-state index in [1.54, 1.807) is 0 Å². The molecule has 1 heterocycles. The van der Waals surface area contributed by atoms with Crippen LogP contribution in [0.2, 0.25) is 0 Å². The zero-order valence-corrected chi connectivity index (χ0v) is 17.9. The van der Waals surface area contributed by atoms with Gasteiger partial charge in [0.25, 0.3) is 0 Å². The van der Waals surface area contributed by atoms with Gasteiger partial charge in [-0.05, 0) is 44.7 Å². The van der Waals surface area contributed by atoms with Gasteiger partial charge in [-0.25, -0.2) is 8.78 Å². The summed E-state index contributed by atoms with van der Waals surface area (Å²) < 4.78 is 28.0. The number of nitrogens with one attached hydrogen (secondary N) is 3. The van der Waals surface area contributed by atoms with Gasteiger partial charge in [0.15, 0.2) is 5.96 Å². The average Bonchev–Trinajstić information content (AvgIpc) is 3.46. The average molecular weight is 422 g/mol. The first kappa shape index (κ1) is 22.5. The van der Waals surface area contributed by atoms with Crippen molar-refractivity contribution in [3.63, 3.8) is 0 Å². The highest BCUT2D eigenvalue weighted by molar-refractivity contribution is 5.81. The molecule has 2 atom stereocenters. The van der Waals surface area contributed by atoms with Gasteiger partial charge in [0.2, 0.25) is 5.91 Å². The minimum absolute atomic E-state index is 0.0171. The molecule has 6 nitrogen and oxygen atoms in total. The first-order valence-corrected chi connectivity index (χ1v) is 11.0. The summed E-state index contributed by atoms with van der Waals surface area (Å²) in [6, 6.07) is 4.26. The molecular formula is C22H33F2N5O. The Morgan fingerprint density at radius 3 is 2.50 bits per heavy atom. The quantitative estimate of drug-likeness (QED) is 0.445. The molecule has 2 unspecified atom stereocenters. The number of rotatable bonds is 8. The smallest absolute Gasteiger partial charge is 0.234 e. The minimum Gasteiger partial charge on any atom is -0.355 e. The third kappa shape index (κ3) is 6.14. The molecule has 0 aromatic heterocycles. The summed E-state index contributed by atoms with van der Waals surface area (Å²) in [6.45, 7) is 7.49. The van der Waals surface area contributed by atoms with Crippen molar-refractivity contribution in [1.29, 1.82) is 0 Å². The van der Waals surface area contributed by atoms with Crippen LogP contribution in [0.15, 0.2) is 23.2 Å². The highest BCUT2D eigenvalue weighted by Gasteiger charge is 2.42. The van der Waals surface area contributed by atoms with E-state index < -0.39 is 11.6 Å². The summed E-state index contributed by atoms with van der Waals surface area (Å²) in [5, 5.41) is 9.71. The second-order valence-electron chi connectivity index (χ2n) is 8.10. The third-order valence-corrected chi connectivity index (χ3v) is 5.67. The summed E-state index contributed by atoms with van der Waals surface area (Å²) in [5.74, 6) is -0.360. The molecule has 1 aliphatic carbocycles. The summed E-state index contributed by atoms with van der Waals surface area (Å²) in [7, 11) is 0. The van der Waals surface area contributed by atoms with Crippen LogP contribution in [0, 0.1) is 11.6 Å². The van der Waals surface area contributed by atoms with E-state index in [0.29, 0.717) is 25.5 Å². The number of carbonyl (C=O) groups excluding carboxylic acids is 1. The van der Waals surface area contributed by atoms with Crippen LogP contribution in [-0.2, 0) is 4.79 Å². The number of likely N-dealkylation sites (tertiary alicyclic amines) is 1. The number of aliphatic imine (C=N–C) groups is 1. The molecule has 1 aliphatic heterocycles. The molecule has 0 spiro atoms. The Hall–Kier alpha value is -2.22. The standard InChI is InChI=1S/C22H33F2N5O/c1-3-10-26-20(30)14-29-11-8-15(9-12-29)27-22(25-4-2)28-19-13-16(19)21-17(23)6-5-7-18(21)24/h5-7,15-16,19H,3-4,8-14H2,1-2H3,(H,26,30)(H2,25,27,28). The molecule has 1 saturated carbocycles. The number of hydrogen-bond donors (Lipinski definition) is 3. The van der Waals surface area contributed by atoms with Crippen molar-refractivity contribution in [2.45, 2.75) is 57.5 Å². The highest BCUT2D eigenvalue weighted by atomic mass is 19.1. The summed E-state index contributed by atoms with van der Waals surface area (Å²) in [5.41, 5.74) is 0.167. The molecule has 1 saturated heterocycles. The fraction of sp³-hybridized carbons (Fsp3) is 0.636. The molecule has 30 heavy (non-hydrogen) atoms. The van der Waals surface area contributed by atoms with Gasteiger partial charge in [0, 0.05) is 49.7 Å². The molecular weight excluding hydrogens is 388 g/mol. The van der Waals surface area contributed by atoms with E-state index >= 15 is 0 Å². The lowest BCUT2D eigenvalue weighted by Crippen LogP contribution is -2.50. The van der Waals surface area contributed by atoms with Crippen LogP contribution >= 0.6 is 0 Å². The number of nitrogens with zero attached hydrogens (tertiary/aromatic N) is 2. The Labute approximate surface area is 177 Å². The Morgan fingerprint density at radius 1 is 1.17 bits per heavy atom. The monoisotopic (exact) mass is 421 g/mol. The number of hydrogen-bond acceptors (Lipinski definition) is 3. The van der Waals surface area contributed by atoms with Crippen LogP contribution in [0.1, 0.15) is 51.0 Å². The van der Waals surface area contributed by atoms with E-state index in [-0.39, 0.29) is 29.5 Å². The van der Waals surface area contributed by atoms with E-state index in [2.05, 4.69) is 25.8 Å². The van der Waals surface area contributed by atoms with E-state index in [4.69, 9.17) is 0 Å². The van der Waals surface area contributed by atoms with Gasteiger partial charge in [-0.15, -0.1) is 0 Å². The minimum atomic E-state index is -0.485. The molecule has 3 rings (SSSR count). The van der Waals surface area contributed by atoms with Gasteiger partial charge in [-0.1, -0.05) is 13.0 Å². The normalized spacial score (nSPS) is 22.6. The zero-order chi connectivity index (χ0) is 21.5. The Balaban J connectivity index is 1.46. The van der Waals surface area contributed by atoms with Gasteiger partial charge in [0.1, 0.15) is 11.6 Å². The first-order valence-electron chi connectivity index (χ1n) is 11.0. The van der Waals surface area contributed by atoms with Crippen molar-refractivity contribution in [2.75, 3.05) is 32.7 Å². The maximum atomic E-state index is 14.0. The number of carbonyl (C=O) groups is 1. The van der Waals surface area contributed by atoms with Crippen molar-refractivity contribution in [3.8, 4) is 0 Å². The number of benzene rings is 1. The molecule has 1 aromatic rings. The lowest BCUT2D eigenvalue weighted by Gasteiger charge is -2.32. The van der Waals surface area contributed by atoms with Crippen LogP contribution in [0.3, 0.4) is 0 Å². The molecule has 166 valence electrons. The Morgan fingerprint density at radius 2 is 1.87 bits per heavy atom. The molecule has 0 radical (unpaired) electrons. The fourth-order valence-electron chi connectivity index (χ4n) is 3.96. The first-order chi connectivity index (χ1) is 14.5. The molecule has 8 heteroatoms. The third-order valence-electron chi connectivity index (χ3n) is 5.67. The van der Waals surface area contributed by atoms with Gasteiger partial charge in [0.05, 0.1) is 6.54 Å². The van der Waals surface area contributed by atoms with E-state index in [1.165, 1.54) is 18.2 Å². The number of amides is 1. The summed E-state index contributed by atoms with van der Waals surface area (Å²) in [6.07, 6.45) is 3.46. The summed E-state index contributed by atoms with van der Waals surface area (Å²) in [4.78, 5) is 18.6. The molecule has 1 aromatic carbocycles. The van der Waals surface area contributed by atoms with E-state index in [1.807, 2.05) is 13.8 Å². The SMILES string of the molecule is CCCNC(=O)CN1CCC(NC(=NCC)NC2CC2c2c(F)cccc2F)CC1. The predicted molar refractivity (Wildman–Crippen MR) is 115 cm³/mol. The second kappa shape index (κ2) is 10.7. The van der Waals surface area contributed by atoms with Crippen molar-refractivity contribution < 1.29 is 13.6 Å². The van der Waals surface area contributed by atoms with Crippen LogP contribution in [-0.4, -0.2) is 61.6 Å². The van der Waals surface area contributed by atoms with Gasteiger partial charge < -0.3 is 16.0 Å². The van der Waals surface area contributed by atoms with Crippen LogP contribution in [0.25, 0.3) is 0 Å². The Kier molecular flexibility index (Phi) is 8.01. The number of piperidine rings is 1. The lowest BCUT2D eigenvalue weighted by molar-refractivity contribution is -0.122. The highest BCUT2D eigenvalue weighted by Crippen LogP contribution is 2.43. The molecule has 1 amide bonds. The lowest BCUT2D eigenvalue weighted by atomic mass is 10.1. The van der Waals surface area contributed by atoms with Crippen molar-refractivity contribution in [3.05, 3.63) is 35.4 Å². The summed E-state index contributed by atoms with van der Waals surface area (Å²) >= 11 is 0. The van der Waals surface area contributed by atoms with Crippen molar-refractivity contribution in [2.24, 2.45) is 4.99 Å². The molecule has 2 fully saturated rings. The van der Waals surface area contributed by atoms with Crippen LogP contribution in [0.4, 0.5) is 8.78 Å². The number of halogens is 2. The maximum Gasteiger partial charge on any atom is 0.234 e. The topological polar surface area (TPSA) is 68.8 Å². The molecule has 2 aliphatic rings. The fourth-order valence-corrected chi connectivity index (χ4v) is 3.96. The molecule has 0 bridgehead atoms. The zero-order valence-electron chi connectivity index (χ0n) is 17.9. The van der Waals surface area contributed by atoms with Gasteiger partial charge in [-0.3, -0.25) is 14.7 Å². The predicted octanol–water partition coefficient (Wildman–Crippen LogP) is 2.37.